The fourth-order valence-electron chi connectivity index (χ4n) is 2.53. The number of pyridine rings is 1. The van der Waals surface area contributed by atoms with Gasteiger partial charge in [-0.1, -0.05) is 12.1 Å². The largest absolute Gasteiger partial charge is 0.344 e. The number of benzene rings is 1. The number of nitrogens with one attached hydrogen (secondary N) is 2. The van der Waals surface area contributed by atoms with Crippen molar-refractivity contribution in [2.24, 2.45) is 0 Å². The van der Waals surface area contributed by atoms with Gasteiger partial charge in [0.15, 0.2) is 0 Å². The van der Waals surface area contributed by atoms with E-state index in [9.17, 15) is 4.79 Å². The van der Waals surface area contributed by atoms with Crippen LogP contribution in [-0.2, 0) is 0 Å². The summed E-state index contributed by atoms with van der Waals surface area (Å²) in [5.41, 5.74) is 4.88. The summed E-state index contributed by atoms with van der Waals surface area (Å²) in [6.45, 7) is 1.94. The number of aryl methyl sites for hydroxylation is 1. The van der Waals surface area contributed by atoms with Crippen LogP contribution in [0.4, 0.5) is 0 Å². The highest BCUT2D eigenvalue weighted by molar-refractivity contribution is 5.79. The maximum atomic E-state index is 11.0. The Kier molecular flexibility index (Phi) is 3.01. The molecule has 1 aromatic carbocycles. The first kappa shape index (κ1) is 13.4. The highest BCUT2D eigenvalue weighted by Gasteiger charge is 2.10. The van der Waals surface area contributed by atoms with Gasteiger partial charge >= 0.3 is 5.69 Å². The molecule has 0 atom stereocenters. The Bertz CT molecular complexity index is 1010. The minimum absolute atomic E-state index is 0.371. The molecule has 6 heteroatoms. The summed E-state index contributed by atoms with van der Waals surface area (Å²) in [5.74, 6) is 0.794. The molecule has 4 rings (SSSR count). The Morgan fingerprint density at radius 3 is 2.65 bits per heavy atom. The van der Waals surface area contributed by atoms with E-state index in [1.807, 2.05) is 43.3 Å². The van der Waals surface area contributed by atoms with Crippen molar-refractivity contribution in [1.29, 1.82) is 0 Å². The van der Waals surface area contributed by atoms with Gasteiger partial charge in [-0.25, -0.2) is 14.8 Å². The summed E-state index contributed by atoms with van der Waals surface area (Å²) >= 11 is 0. The second-order valence-electron chi connectivity index (χ2n) is 5.24. The third kappa shape index (κ3) is 2.40. The molecule has 6 nitrogen and oxygen atoms in total. The molecule has 0 saturated carbocycles. The summed E-state index contributed by atoms with van der Waals surface area (Å²) in [7, 11) is 0. The van der Waals surface area contributed by atoms with Crippen LogP contribution in [0.2, 0.25) is 0 Å². The van der Waals surface area contributed by atoms with Gasteiger partial charge < -0.3 is 9.97 Å². The molecule has 0 aliphatic carbocycles. The number of aromatic amines is 2. The number of para-hydroxylation sites is 2. The van der Waals surface area contributed by atoms with Crippen molar-refractivity contribution >= 4 is 11.0 Å². The molecule has 0 fully saturated rings. The maximum Gasteiger partial charge on any atom is 0.344 e. The van der Waals surface area contributed by atoms with Crippen molar-refractivity contribution in [3.8, 4) is 22.6 Å². The molecule has 0 radical (unpaired) electrons. The van der Waals surface area contributed by atoms with Crippen LogP contribution in [0.15, 0.2) is 53.6 Å². The summed E-state index contributed by atoms with van der Waals surface area (Å²) in [4.78, 5) is 29.8. The molecular formula is C17H13N5O. The van der Waals surface area contributed by atoms with Gasteiger partial charge in [0.05, 0.1) is 16.7 Å². The summed E-state index contributed by atoms with van der Waals surface area (Å²) < 4.78 is 0. The molecule has 0 unspecified atom stereocenters. The normalized spacial score (nSPS) is 11.0. The molecule has 23 heavy (non-hydrogen) atoms. The van der Waals surface area contributed by atoms with E-state index in [1.165, 1.54) is 6.20 Å². The van der Waals surface area contributed by atoms with E-state index in [0.717, 1.165) is 39.4 Å². The van der Waals surface area contributed by atoms with Gasteiger partial charge in [-0.15, -0.1) is 0 Å². The van der Waals surface area contributed by atoms with Crippen molar-refractivity contribution < 1.29 is 0 Å². The SMILES string of the molecule is Cc1nc(-c2cnc(=O)[nH]c2)ccc1-c1nc2ccccc2[nH]1. The van der Waals surface area contributed by atoms with Crippen molar-refractivity contribution in [2.45, 2.75) is 6.92 Å². The summed E-state index contributed by atoms with van der Waals surface area (Å²) in [6.07, 6.45) is 3.12. The van der Waals surface area contributed by atoms with Gasteiger partial charge in [0.25, 0.3) is 0 Å². The zero-order valence-corrected chi connectivity index (χ0v) is 12.4. The standard InChI is InChI=1S/C17H13N5O/c1-10-12(16-21-14-4-2-3-5-15(14)22-16)6-7-13(20-10)11-8-18-17(23)19-9-11/h2-9H,1H3,(H,21,22)(H,18,19,23). The van der Waals surface area contributed by atoms with Crippen molar-refractivity contribution in [3.63, 3.8) is 0 Å². The average molecular weight is 303 g/mol. The van der Waals surface area contributed by atoms with Gasteiger partial charge in [0.2, 0.25) is 0 Å². The molecule has 0 spiro atoms. The first-order valence-electron chi connectivity index (χ1n) is 7.18. The van der Waals surface area contributed by atoms with E-state index < -0.39 is 0 Å². The van der Waals surface area contributed by atoms with Crippen LogP contribution in [0.1, 0.15) is 5.69 Å². The summed E-state index contributed by atoms with van der Waals surface area (Å²) in [6, 6.07) is 11.8. The highest BCUT2D eigenvalue weighted by atomic mass is 16.1. The van der Waals surface area contributed by atoms with Crippen LogP contribution in [0, 0.1) is 6.92 Å². The predicted octanol–water partition coefficient (Wildman–Crippen LogP) is 2.68. The highest BCUT2D eigenvalue weighted by Crippen LogP contribution is 2.25. The zero-order valence-electron chi connectivity index (χ0n) is 12.4. The number of nitrogens with zero attached hydrogens (tertiary/aromatic N) is 3. The fraction of sp³-hybridized carbons (Fsp3) is 0.0588. The number of hydrogen-bond donors (Lipinski definition) is 2. The Balaban J connectivity index is 1.78. The number of imidazole rings is 1. The van der Waals surface area contributed by atoms with Crippen LogP contribution >= 0.6 is 0 Å². The first-order valence-corrected chi connectivity index (χ1v) is 7.18. The second kappa shape index (κ2) is 5.17. The van der Waals surface area contributed by atoms with Gasteiger partial charge in [-0.05, 0) is 31.2 Å². The molecule has 0 saturated heterocycles. The zero-order chi connectivity index (χ0) is 15.8. The van der Waals surface area contributed by atoms with E-state index >= 15 is 0 Å². The Morgan fingerprint density at radius 1 is 1.04 bits per heavy atom. The number of hydrogen-bond acceptors (Lipinski definition) is 4. The quantitative estimate of drug-likeness (QED) is 0.596. The molecule has 0 amide bonds. The van der Waals surface area contributed by atoms with Crippen molar-refractivity contribution in [1.82, 2.24) is 24.9 Å². The molecular weight excluding hydrogens is 290 g/mol. The van der Waals surface area contributed by atoms with Crippen LogP contribution in [0.3, 0.4) is 0 Å². The molecule has 0 aliphatic rings. The third-order valence-corrected chi connectivity index (χ3v) is 3.70. The average Bonchev–Trinajstić information content (AvgIpc) is 2.99. The lowest BCUT2D eigenvalue weighted by molar-refractivity contribution is 1.07. The number of fused-ring (bicyclic) bond motifs is 1. The van der Waals surface area contributed by atoms with Crippen molar-refractivity contribution in [3.05, 3.63) is 65.0 Å². The van der Waals surface area contributed by atoms with Crippen LogP contribution in [0.5, 0.6) is 0 Å². The molecule has 0 bridgehead atoms. The van der Waals surface area contributed by atoms with Gasteiger partial charge in [-0.3, -0.25) is 4.98 Å². The Labute approximate surface area is 131 Å². The van der Waals surface area contributed by atoms with Crippen LogP contribution < -0.4 is 5.69 Å². The van der Waals surface area contributed by atoms with E-state index in [2.05, 4.69) is 24.9 Å². The molecule has 3 heterocycles. The lowest BCUT2D eigenvalue weighted by Gasteiger charge is -2.05. The lowest BCUT2D eigenvalue weighted by Crippen LogP contribution is -2.08. The number of aromatic nitrogens is 5. The third-order valence-electron chi connectivity index (χ3n) is 3.70. The summed E-state index contributed by atoms with van der Waals surface area (Å²) in [5, 5.41) is 0. The monoisotopic (exact) mass is 303 g/mol. The first-order chi connectivity index (χ1) is 11.2. The van der Waals surface area contributed by atoms with Crippen LogP contribution in [-0.4, -0.2) is 24.9 Å². The molecule has 4 aromatic rings. The molecule has 3 aromatic heterocycles. The van der Waals surface area contributed by atoms with Gasteiger partial charge in [0, 0.05) is 29.2 Å². The Morgan fingerprint density at radius 2 is 1.91 bits per heavy atom. The van der Waals surface area contributed by atoms with E-state index in [1.54, 1.807) is 6.20 Å². The minimum atomic E-state index is -0.371. The minimum Gasteiger partial charge on any atom is -0.338 e. The second-order valence-corrected chi connectivity index (χ2v) is 5.24. The fourth-order valence-corrected chi connectivity index (χ4v) is 2.53. The molecule has 112 valence electrons. The topological polar surface area (TPSA) is 87.3 Å². The number of H-pyrrole nitrogens is 2. The van der Waals surface area contributed by atoms with Gasteiger partial charge in [-0.2, -0.15) is 0 Å². The van der Waals surface area contributed by atoms with E-state index in [-0.39, 0.29) is 5.69 Å². The lowest BCUT2D eigenvalue weighted by atomic mass is 10.1. The molecule has 2 N–H and O–H groups in total. The van der Waals surface area contributed by atoms with E-state index in [0.29, 0.717) is 0 Å². The Hall–Kier alpha value is -3.28. The predicted molar refractivity (Wildman–Crippen MR) is 87.9 cm³/mol. The number of rotatable bonds is 2. The smallest absolute Gasteiger partial charge is 0.338 e. The van der Waals surface area contributed by atoms with Crippen molar-refractivity contribution in [2.75, 3.05) is 0 Å². The van der Waals surface area contributed by atoms with Crippen LogP contribution in [0.25, 0.3) is 33.7 Å². The van der Waals surface area contributed by atoms with E-state index in [4.69, 9.17) is 0 Å². The molecule has 0 aliphatic heterocycles. The maximum absolute atomic E-state index is 11.0. The van der Waals surface area contributed by atoms with Gasteiger partial charge in [0.1, 0.15) is 5.82 Å².